The van der Waals surface area contributed by atoms with Gasteiger partial charge in [0, 0.05) is 19.3 Å². The van der Waals surface area contributed by atoms with Crippen LogP contribution in [0, 0.1) is 0 Å². The van der Waals surface area contributed by atoms with Crippen molar-refractivity contribution in [1.29, 1.82) is 0 Å². The normalized spacial score (nSPS) is 12.7. The predicted octanol–water partition coefficient (Wildman–Crippen LogP) is 20.3. The molecule has 0 aliphatic heterocycles. The summed E-state index contributed by atoms with van der Waals surface area (Å²) in [4.78, 5) is 38.1. The van der Waals surface area contributed by atoms with Crippen molar-refractivity contribution in [2.45, 2.75) is 297 Å². The summed E-state index contributed by atoms with van der Waals surface area (Å²) >= 11 is 0. The van der Waals surface area contributed by atoms with E-state index in [2.05, 4.69) is 106 Å². The number of rotatable bonds is 54. The summed E-state index contributed by atoms with van der Waals surface area (Å²) in [6.45, 7) is 6.46. The second-order valence-electron chi connectivity index (χ2n) is 19.9. The van der Waals surface area contributed by atoms with E-state index in [0.717, 1.165) is 116 Å². The Balaban J connectivity index is 4.23. The first-order chi connectivity index (χ1) is 35.0. The molecule has 1 atom stereocenters. The molecular weight excluding hydrogens is 877 g/mol. The number of unbranched alkanes of at least 4 members (excludes halogenated alkanes) is 29. The molecule has 0 radical (unpaired) electrons. The third-order valence-corrected chi connectivity index (χ3v) is 12.9. The van der Waals surface area contributed by atoms with Crippen molar-refractivity contribution in [3.8, 4) is 0 Å². The maximum atomic E-state index is 12.8. The van der Waals surface area contributed by atoms with Gasteiger partial charge in [-0.2, -0.15) is 0 Å². The topological polar surface area (TPSA) is 78.9 Å². The Bertz CT molecular complexity index is 1370. The zero-order chi connectivity index (χ0) is 51.4. The van der Waals surface area contributed by atoms with Gasteiger partial charge in [0.1, 0.15) is 13.2 Å². The minimum absolute atomic E-state index is 0.0837. The van der Waals surface area contributed by atoms with Crippen molar-refractivity contribution in [1.82, 2.24) is 0 Å². The van der Waals surface area contributed by atoms with Crippen molar-refractivity contribution in [2.24, 2.45) is 0 Å². The van der Waals surface area contributed by atoms with Crippen LogP contribution in [0.5, 0.6) is 0 Å². The van der Waals surface area contributed by atoms with Gasteiger partial charge in [-0.3, -0.25) is 14.4 Å². The molecule has 0 aliphatic carbocycles. The Hall–Kier alpha value is -3.41. The zero-order valence-corrected chi connectivity index (χ0v) is 46.7. The van der Waals surface area contributed by atoms with Gasteiger partial charge in [-0.05, 0) is 109 Å². The van der Waals surface area contributed by atoms with Gasteiger partial charge in [0.15, 0.2) is 6.10 Å². The highest BCUT2D eigenvalue weighted by Crippen LogP contribution is 2.16. The van der Waals surface area contributed by atoms with Crippen molar-refractivity contribution in [3.63, 3.8) is 0 Å². The quantitative estimate of drug-likeness (QED) is 0.0261. The standard InChI is InChI=1S/C65H112O6/c1-4-7-10-13-16-19-22-24-26-27-28-29-30-31-32-33-34-35-36-37-39-40-43-46-49-52-55-58-64(67)70-61-62(60-69-63(66)57-54-51-48-45-42-21-18-15-12-9-6-3)71-65(68)59-56-53-50-47-44-41-38-25-23-20-17-14-11-8-5-2/h7,10,15-20,24-26,28-29,38,62H,4-6,8-9,11-14,21-23,27,30-37,39-61H2,1-3H3/b10-7-,18-15-,19-16-,20-17-,26-24-,29-28-,38-25-. The lowest BCUT2D eigenvalue weighted by Gasteiger charge is -2.18. The van der Waals surface area contributed by atoms with Crippen molar-refractivity contribution < 1.29 is 28.6 Å². The highest BCUT2D eigenvalue weighted by atomic mass is 16.6. The minimum Gasteiger partial charge on any atom is -0.462 e. The van der Waals surface area contributed by atoms with Gasteiger partial charge in [-0.15, -0.1) is 0 Å². The van der Waals surface area contributed by atoms with Crippen LogP contribution in [0.4, 0.5) is 0 Å². The number of esters is 3. The van der Waals surface area contributed by atoms with Crippen LogP contribution < -0.4 is 0 Å². The van der Waals surface area contributed by atoms with E-state index in [1.54, 1.807) is 0 Å². The lowest BCUT2D eigenvalue weighted by molar-refractivity contribution is -0.167. The first kappa shape index (κ1) is 67.6. The Labute approximate surface area is 439 Å². The van der Waals surface area contributed by atoms with E-state index in [1.165, 1.54) is 135 Å². The van der Waals surface area contributed by atoms with Crippen LogP contribution in [-0.2, 0) is 28.6 Å². The molecule has 0 N–H and O–H groups in total. The average molecular weight is 990 g/mol. The molecule has 71 heavy (non-hydrogen) atoms. The molecule has 0 aromatic carbocycles. The Morgan fingerprint density at radius 2 is 0.563 bits per heavy atom. The zero-order valence-electron chi connectivity index (χ0n) is 46.7. The van der Waals surface area contributed by atoms with Gasteiger partial charge in [-0.25, -0.2) is 0 Å². The molecule has 0 aliphatic rings. The van der Waals surface area contributed by atoms with E-state index in [0.29, 0.717) is 19.3 Å². The van der Waals surface area contributed by atoms with Crippen LogP contribution in [0.3, 0.4) is 0 Å². The van der Waals surface area contributed by atoms with Crippen LogP contribution in [-0.4, -0.2) is 37.2 Å². The fourth-order valence-corrected chi connectivity index (χ4v) is 8.33. The molecule has 0 spiro atoms. The largest absolute Gasteiger partial charge is 0.462 e. The van der Waals surface area contributed by atoms with E-state index in [4.69, 9.17) is 14.2 Å². The molecule has 0 heterocycles. The first-order valence-electron chi connectivity index (χ1n) is 30.1. The van der Waals surface area contributed by atoms with Gasteiger partial charge in [-0.1, -0.05) is 247 Å². The van der Waals surface area contributed by atoms with E-state index < -0.39 is 6.10 Å². The molecular formula is C65H112O6. The summed E-state index contributed by atoms with van der Waals surface area (Å²) in [5.74, 6) is -0.901. The summed E-state index contributed by atoms with van der Waals surface area (Å²) < 4.78 is 16.8. The van der Waals surface area contributed by atoms with Crippen LogP contribution in [0.2, 0.25) is 0 Å². The van der Waals surface area contributed by atoms with Crippen molar-refractivity contribution >= 4 is 17.9 Å². The van der Waals surface area contributed by atoms with E-state index in [-0.39, 0.29) is 31.1 Å². The number of carbonyl (C=O) groups excluding carboxylic acids is 3. The molecule has 0 saturated heterocycles. The lowest BCUT2D eigenvalue weighted by Crippen LogP contribution is -2.30. The molecule has 0 bridgehead atoms. The maximum Gasteiger partial charge on any atom is 0.306 e. The molecule has 6 nitrogen and oxygen atoms in total. The van der Waals surface area contributed by atoms with Crippen LogP contribution in [0.1, 0.15) is 290 Å². The number of allylic oxidation sites excluding steroid dienone is 14. The summed E-state index contributed by atoms with van der Waals surface area (Å²) in [7, 11) is 0. The molecule has 0 aromatic heterocycles. The molecule has 1 unspecified atom stereocenters. The predicted molar refractivity (Wildman–Crippen MR) is 307 cm³/mol. The molecule has 408 valence electrons. The van der Waals surface area contributed by atoms with Crippen LogP contribution in [0.25, 0.3) is 0 Å². The molecule has 0 fully saturated rings. The molecule has 0 aromatic rings. The van der Waals surface area contributed by atoms with E-state index in [1.807, 2.05) is 0 Å². The fourth-order valence-electron chi connectivity index (χ4n) is 8.33. The summed E-state index contributed by atoms with van der Waals surface area (Å²) in [6.07, 6.45) is 77.3. The van der Waals surface area contributed by atoms with E-state index >= 15 is 0 Å². The molecule has 0 amide bonds. The van der Waals surface area contributed by atoms with Crippen LogP contribution >= 0.6 is 0 Å². The second-order valence-corrected chi connectivity index (χ2v) is 19.9. The highest BCUT2D eigenvalue weighted by Gasteiger charge is 2.19. The van der Waals surface area contributed by atoms with E-state index in [9.17, 15) is 14.4 Å². The summed E-state index contributed by atoms with van der Waals surface area (Å²) in [5.41, 5.74) is 0. The third kappa shape index (κ3) is 57.4. The number of carbonyl (C=O) groups is 3. The second kappa shape index (κ2) is 59.2. The average Bonchev–Trinajstić information content (AvgIpc) is 3.37. The van der Waals surface area contributed by atoms with Gasteiger partial charge >= 0.3 is 17.9 Å². The lowest BCUT2D eigenvalue weighted by atomic mass is 10.0. The summed E-state index contributed by atoms with van der Waals surface area (Å²) in [6, 6.07) is 0. The first-order valence-corrected chi connectivity index (χ1v) is 30.1. The number of hydrogen-bond acceptors (Lipinski definition) is 6. The monoisotopic (exact) mass is 989 g/mol. The van der Waals surface area contributed by atoms with Gasteiger partial charge < -0.3 is 14.2 Å². The van der Waals surface area contributed by atoms with Crippen molar-refractivity contribution in [2.75, 3.05) is 13.2 Å². The Kier molecular flexibility index (Phi) is 56.3. The van der Waals surface area contributed by atoms with Gasteiger partial charge in [0.05, 0.1) is 0 Å². The molecule has 0 rings (SSSR count). The maximum absolute atomic E-state index is 12.8. The SMILES string of the molecule is CC/C=C\C/C=C\C/C=C\C/C=C\CCCCCCCCCCCCCCCCC(=O)OCC(COC(=O)CCCCCCC/C=C\CCCC)OC(=O)CCCCCCC/C=C\C/C=C\CCCCC. The minimum atomic E-state index is -0.786. The smallest absolute Gasteiger partial charge is 0.306 e. The number of ether oxygens (including phenoxy) is 3. The van der Waals surface area contributed by atoms with Crippen molar-refractivity contribution in [3.05, 3.63) is 85.1 Å². The molecule has 0 saturated carbocycles. The summed E-state index contributed by atoms with van der Waals surface area (Å²) in [5, 5.41) is 0. The Morgan fingerprint density at radius 1 is 0.296 bits per heavy atom. The van der Waals surface area contributed by atoms with Gasteiger partial charge in [0.25, 0.3) is 0 Å². The highest BCUT2D eigenvalue weighted by molar-refractivity contribution is 5.71. The Morgan fingerprint density at radius 3 is 0.915 bits per heavy atom. The number of hydrogen-bond donors (Lipinski definition) is 0. The third-order valence-electron chi connectivity index (χ3n) is 12.9. The molecule has 6 heteroatoms. The van der Waals surface area contributed by atoms with Gasteiger partial charge in [0.2, 0.25) is 0 Å². The van der Waals surface area contributed by atoms with Crippen LogP contribution in [0.15, 0.2) is 85.1 Å². The fraction of sp³-hybridized carbons (Fsp3) is 0.738.